The van der Waals surface area contributed by atoms with Gasteiger partial charge in [0, 0.05) is 5.57 Å². The summed E-state index contributed by atoms with van der Waals surface area (Å²) in [6.07, 6.45) is 4.38. The summed E-state index contributed by atoms with van der Waals surface area (Å²) in [5.74, 6) is -0.860. The highest BCUT2D eigenvalue weighted by atomic mass is 16.4. The monoisotopic (exact) mass is 170 g/mol. The van der Waals surface area contributed by atoms with E-state index in [1.807, 2.05) is 0 Å². The standard InChI is InChI=1S/C9H14O3/c10-6-7-4-2-1-3-5-8(7)9(11)12/h10H,1-6H2,(H,11,12). The first kappa shape index (κ1) is 9.26. The molecule has 12 heavy (non-hydrogen) atoms. The number of carboxylic acids is 1. The second-order valence-corrected chi connectivity index (χ2v) is 3.11. The minimum atomic E-state index is -0.860. The van der Waals surface area contributed by atoms with E-state index in [1.165, 1.54) is 0 Å². The van der Waals surface area contributed by atoms with E-state index in [2.05, 4.69) is 0 Å². The predicted octanol–water partition coefficient (Wildman–Crippen LogP) is 1.32. The van der Waals surface area contributed by atoms with E-state index in [0.717, 1.165) is 31.3 Å². The zero-order chi connectivity index (χ0) is 8.97. The lowest BCUT2D eigenvalue weighted by Crippen LogP contribution is -2.05. The normalized spacial score (nSPS) is 19.1. The number of aliphatic carboxylic acids is 1. The first-order valence-corrected chi connectivity index (χ1v) is 4.30. The molecule has 0 fully saturated rings. The van der Waals surface area contributed by atoms with E-state index in [1.54, 1.807) is 0 Å². The molecule has 0 atom stereocenters. The molecule has 0 amide bonds. The molecule has 3 nitrogen and oxygen atoms in total. The van der Waals surface area contributed by atoms with Crippen molar-refractivity contribution in [3.05, 3.63) is 11.1 Å². The van der Waals surface area contributed by atoms with Crippen molar-refractivity contribution in [2.75, 3.05) is 6.61 Å². The molecule has 0 heterocycles. The van der Waals surface area contributed by atoms with Crippen molar-refractivity contribution >= 4 is 5.97 Å². The average Bonchev–Trinajstić information content (AvgIpc) is 2.27. The lowest BCUT2D eigenvalue weighted by molar-refractivity contribution is -0.132. The van der Waals surface area contributed by atoms with E-state index in [0.29, 0.717) is 12.0 Å². The van der Waals surface area contributed by atoms with Crippen LogP contribution in [0.4, 0.5) is 0 Å². The minimum Gasteiger partial charge on any atom is -0.478 e. The molecular formula is C9H14O3. The summed E-state index contributed by atoms with van der Waals surface area (Å²) in [6, 6.07) is 0. The fourth-order valence-corrected chi connectivity index (χ4v) is 1.58. The smallest absolute Gasteiger partial charge is 0.331 e. The molecular weight excluding hydrogens is 156 g/mol. The van der Waals surface area contributed by atoms with Gasteiger partial charge < -0.3 is 10.2 Å². The summed E-state index contributed by atoms with van der Waals surface area (Å²) in [5.41, 5.74) is 1.16. The lowest BCUT2D eigenvalue weighted by atomic mass is 10.0. The number of carboxylic acid groups (broad SMARTS) is 1. The van der Waals surface area contributed by atoms with Crippen molar-refractivity contribution in [3.63, 3.8) is 0 Å². The van der Waals surface area contributed by atoms with Crippen LogP contribution in [0.1, 0.15) is 32.1 Å². The summed E-state index contributed by atoms with van der Waals surface area (Å²) >= 11 is 0. The minimum absolute atomic E-state index is 0.0956. The van der Waals surface area contributed by atoms with Crippen LogP contribution in [0.25, 0.3) is 0 Å². The molecule has 0 bridgehead atoms. The number of hydrogen-bond donors (Lipinski definition) is 2. The number of aliphatic hydroxyl groups is 1. The Bertz CT molecular complexity index is 206. The molecule has 1 rings (SSSR count). The fourth-order valence-electron chi connectivity index (χ4n) is 1.58. The molecule has 2 N–H and O–H groups in total. The van der Waals surface area contributed by atoms with Crippen LogP contribution in [-0.2, 0) is 4.79 Å². The van der Waals surface area contributed by atoms with Crippen LogP contribution in [0.3, 0.4) is 0 Å². The predicted molar refractivity (Wildman–Crippen MR) is 44.8 cm³/mol. The number of hydrogen-bond acceptors (Lipinski definition) is 2. The van der Waals surface area contributed by atoms with Crippen molar-refractivity contribution in [1.29, 1.82) is 0 Å². The van der Waals surface area contributed by atoms with Crippen molar-refractivity contribution in [2.45, 2.75) is 32.1 Å². The number of rotatable bonds is 2. The highest BCUT2D eigenvalue weighted by molar-refractivity contribution is 5.87. The molecule has 0 aromatic rings. The van der Waals surface area contributed by atoms with Gasteiger partial charge in [-0.2, -0.15) is 0 Å². The summed E-state index contributed by atoms with van der Waals surface area (Å²) in [6.45, 7) is -0.0956. The first-order chi connectivity index (χ1) is 5.75. The maximum Gasteiger partial charge on any atom is 0.331 e. The van der Waals surface area contributed by atoms with E-state index < -0.39 is 5.97 Å². The Hall–Kier alpha value is -0.830. The van der Waals surface area contributed by atoms with Gasteiger partial charge in [0.05, 0.1) is 6.61 Å². The van der Waals surface area contributed by atoms with Crippen LogP contribution in [0.15, 0.2) is 11.1 Å². The summed E-state index contributed by atoms with van der Waals surface area (Å²) in [7, 11) is 0. The van der Waals surface area contributed by atoms with Gasteiger partial charge >= 0.3 is 5.97 Å². The second-order valence-electron chi connectivity index (χ2n) is 3.11. The maximum absolute atomic E-state index is 10.7. The molecule has 0 aromatic heterocycles. The number of carbonyl (C=O) groups is 1. The van der Waals surface area contributed by atoms with Crippen LogP contribution in [0, 0.1) is 0 Å². The van der Waals surface area contributed by atoms with Gasteiger partial charge in [-0.1, -0.05) is 6.42 Å². The molecule has 68 valence electrons. The third-order valence-corrected chi connectivity index (χ3v) is 2.28. The quantitative estimate of drug-likeness (QED) is 0.657. The molecule has 3 heteroatoms. The van der Waals surface area contributed by atoms with Crippen LogP contribution < -0.4 is 0 Å². The zero-order valence-electron chi connectivity index (χ0n) is 7.05. The lowest BCUT2D eigenvalue weighted by Gasteiger charge is -2.04. The molecule has 0 unspecified atom stereocenters. The van der Waals surface area contributed by atoms with Crippen LogP contribution >= 0.6 is 0 Å². The third kappa shape index (κ3) is 2.08. The average molecular weight is 170 g/mol. The Morgan fingerprint density at radius 1 is 1.25 bits per heavy atom. The number of aliphatic hydroxyl groups excluding tert-OH is 1. The first-order valence-electron chi connectivity index (χ1n) is 4.30. The van der Waals surface area contributed by atoms with Crippen molar-refractivity contribution in [3.8, 4) is 0 Å². The van der Waals surface area contributed by atoms with Gasteiger partial charge in [-0.3, -0.25) is 0 Å². The third-order valence-electron chi connectivity index (χ3n) is 2.28. The molecule has 1 aliphatic rings. The highest BCUT2D eigenvalue weighted by Gasteiger charge is 2.15. The summed E-state index contributed by atoms with van der Waals surface area (Å²) < 4.78 is 0. The van der Waals surface area contributed by atoms with Gasteiger partial charge in [-0.25, -0.2) is 4.79 Å². The van der Waals surface area contributed by atoms with Crippen molar-refractivity contribution < 1.29 is 15.0 Å². The van der Waals surface area contributed by atoms with Crippen LogP contribution in [0.5, 0.6) is 0 Å². The van der Waals surface area contributed by atoms with Gasteiger partial charge in [-0.15, -0.1) is 0 Å². The Morgan fingerprint density at radius 2 is 1.92 bits per heavy atom. The zero-order valence-corrected chi connectivity index (χ0v) is 7.05. The molecule has 0 aliphatic heterocycles. The van der Waals surface area contributed by atoms with Gasteiger partial charge in [0.2, 0.25) is 0 Å². The molecule has 1 aliphatic carbocycles. The van der Waals surface area contributed by atoms with Crippen molar-refractivity contribution in [2.24, 2.45) is 0 Å². The van der Waals surface area contributed by atoms with E-state index in [-0.39, 0.29) is 6.61 Å². The second kappa shape index (κ2) is 4.26. The largest absolute Gasteiger partial charge is 0.478 e. The summed E-state index contributed by atoms with van der Waals surface area (Å²) in [5, 5.41) is 17.7. The summed E-state index contributed by atoms with van der Waals surface area (Å²) in [4.78, 5) is 10.7. The highest BCUT2D eigenvalue weighted by Crippen LogP contribution is 2.23. The van der Waals surface area contributed by atoms with E-state index >= 15 is 0 Å². The van der Waals surface area contributed by atoms with Gasteiger partial charge in [0.25, 0.3) is 0 Å². The Labute approximate surface area is 71.7 Å². The Morgan fingerprint density at radius 3 is 2.50 bits per heavy atom. The Kier molecular flexibility index (Phi) is 3.29. The van der Waals surface area contributed by atoms with Gasteiger partial charge in [-0.05, 0) is 31.3 Å². The molecule has 0 saturated carbocycles. The Balaban J connectivity index is 2.81. The topological polar surface area (TPSA) is 57.5 Å². The SMILES string of the molecule is O=C(O)C1=C(CO)CCCCC1. The van der Waals surface area contributed by atoms with Crippen molar-refractivity contribution in [1.82, 2.24) is 0 Å². The van der Waals surface area contributed by atoms with Crippen LogP contribution in [-0.4, -0.2) is 22.8 Å². The van der Waals surface area contributed by atoms with E-state index in [9.17, 15) is 4.79 Å². The van der Waals surface area contributed by atoms with E-state index in [4.69, 9.17) is 10.2 Å². The van der Waals surface area contributed by atoms with Gasteiger partial charge in [0.15, 0.2) is 0 Å². The van der Waals surface area contributed by atoms with Crippen LogP contribution in [0.2, 0.25) is 0 Å². The molecule has 0 aromatic carbocycles. The fraction of sp³-hybridized carbons (Fsp3) is 0.667. The molecule has 0 radical (unpaired) electrons. The maximum atomic E-state index is 10.7. The van der Waals surface area contributed by atoms with Gasteiger partial charge in [0.1, 0.15) is 0 Å². The molecule has 0 saturated heterocycles. The molecule has 0 spiro atoms.